The van der Waals surface area contributed by atoms with Crippen molar-refractivity contribution in [3.8, 4) is 5.75 Å². The first-order valence-electron chi connectivity index (χ1n) is 7.20. The molecular formula is C16H23NO4. The number of carbonyl (C=O) groups excluding carboxylic acids is 1. The van der Waals surface area contributed by atoms with Crippen LogP contribution in [0.5, 0.6) is 5.75 Å². The fourth-order valence-corrected chi connectivity index (χ4v) is 1.96. The van der Waals surface area contributed by atoms with E-state index in [1.165, 1.54) is 0 Å². The zero-order valence-corrected chi connectivity index (χ0v) is 12.6. The van der Waals surface area contributed by atoms with E-state index < -0.39 is 5.97 Å². The number of rotatable bonds is 9. The molecule has 0 fully saturated rings. The third-order valence-electron chi connectivity index (χ3n) is 3.06. The molecule has 1 amide bonds. The summed E-state index contributed by atoms with van der Waals surface area (Å²) in [6, 6.07) is 9.45. The van der Waals surface area contributed by atoms with Crippen molar-refractivity contribution in [2.45, 2.75) is 39.2 Å². The topological polar surface area (TPSA) is 66.8 Å². The van der Waals surface area contributed by atoms with Crippen LogP contribution in [0.4, 0.5) is 0 Å². The largest absolute Gasteiger partial charge is 0.494 e. The van der Waals surface area contributed by atoms with Crippen LogP contribution in [0.1, 0.15) is 33.1 Å². The lowest BCUT2D eigenvalue weighted by atomic mass is 10.2. The Morgan fingerprint density at radius 1 is 1.19 bits per heavy atom. The molecule has 5 nitrogen and oxygen atoms in total. The number of carboxylic acids is 1. The molecule has 1 rings (SSSR count). The van der Waals surface area contributed by atoms with E-state index in [0.29, 0.717) is 19.4 Å². The van der Waals surface area contributed by atoms with Gasteiger partial charge in [0.25, 0.3) is 0 Å². The van der Waals surface area contributed by atoms with Gasteiger partial charge in [-0.15, -0.1) is 0 Å². The lowest BCUT2D eigenvalue weighted by molar-refractivity contribution is -0.139. The molecular weight excluding hydrogens is 270 g/mol. The third kappa shape index (κ3) is 6.79. The molecule has 0 heterocycles. The van der Waals surface area contributed by atoms with E-state index in [1.54, 1.807) is 4.90 Å². The normalized spacial score (nSPS) is 10.4. The highest BCUT2D eigenvalue weighted by molar-refractivity contribution is 5.77. The molecule has 0 aliphatic carbocycles. The number of aliphatic carboxylic acids is 1. The molecule has 0 aliphatic heterocycles. The van der Waals surface area contributed by atoms with Crippen LogP contribution in [-0.4, -0.2) is 41.1 Å². The van der Waals surface area contributed by atoms with Crippen molar-refractivity contribution in [1.82, 2.24) is 4.90 Å². The second kappa shape index (κ2) is 9.00. The highest BCUT2D eigenvalue weighted by Crippen LogP contribution is 2.10. The van der Waals surface area contributed by atoms with Gasteiger partial charge in [0.1, 0.15) is 5.75 Å². The minimum absolute atomic E-state index is 0.00638. The summed E-state index contributed by atoms with van der Waals surface area (Å²) >= 11 is 0. The Kier molecular flexibility index (Phi) is 7.29. The van der Waals surface area contributed by atoms with Gasteiger partial charge in [-0.05, 0) is 32.4 Å². The van der Waals surface area contributed by atoms with Crippen molar-refractivity contribution < 1.29 is 19.4 Å². The number of amides is 1. The average Bonchev–Trinajstić information content (AvgIpc) is 2.44. The first kappa shape index (κ1) is 17.0. The maximum Gasteiger partial charge on any atom is 0.305 e. The average molecular weight is 293 g/mol. The van der Waals surface area contributed by atoms with E-state index in [2.05, 4.69) is 0 Å². The van der Waals surface area contributed by atoms with Gasteiger partial charge in [0.2, 0.25) is 5.91 Å². The summed E-state index contributed by atoms with van der Waals surface area (Å²) in [6.07, 6.45) is 0.957. The number of hydrogen-bond acceptors (Lipinski definition) is 3. The van der Waals surface area contributed by atoms with Gasteiger partial charge < -0.3 is 14.7 Å². The zero-order valence-electron chi connectivity index (χ0n) is 12.6. The van der Waals surface area contributed by atoms with E-state index in [1.807, 2.05) is 44.2 Å². The van der Waals surface area contributed by atoms with Gasteiger partial charge in [0.05, 0.1) is 13.0 Å². The molecule has 0 saturated carbocycles. The number of para-hydroxylation sites is 1. The molecule has 5 heteroatoms. The summed E-state index contributed by atoms with van der Waals surface area (Å²) in [6.45, 7) is 4.51. The monoisotopic (exact) mass is 293 g/mol. The minimum atomic E-state index is -0.888. The van der Waals surface area contributed by atoms with Gasteiger partial charge in [-0.3, -0.25) is 9.59 Å². The van der Waals surface area contributed by atoms with Crippen LogP contribution < -0.4 is 4.74 Å². The molecule has 0 aromatic heterocycles. The smallest absolute Gasteiger partial charge is 0.305 e. The Hall–Kier alpha value is -2.04. The standard InChI is InChI=1S/C16H23NO4/c1-13(2)17(11-10-16(19)20)15(18)9-6-12-21-14-7-4-3-5-8-14/h3-5,7-8,13H,6,9-12H2,1-2H3,(H,19,20). The first-order chi connectivity index (χ1) is 10.0. The third-order valence-corrected chi connectivity index (χ3v) is 3.06. The Morgan fingerprint density at radius 2 is 1.86 bits per heavy atom. The summed E-state index contributed by atoms with van der Waals surface area (Å²) in [4.78, 5) is 24.3. The van der Waals surface area contributed by atoms with Crippen molar-refractivity contribution in [2.24, 2.45) is 0 Å². The van der Waals surface area contributed by atoms with E-state index in [0.717, 1.165) is 5.75 Å². The van der Waals surface area contributed by atoms with Crippen LogP contribution >= 0.6 is 0 Å². The molecule has 0 radical (unpaired) electrons. The summed E-state index contributed by atoms with van der Waals surface area (Å²) in [7, 11) is 0. The molecule has 0 spiro atoms. The predicted molar refractivity (Wildman–Crippen MR) is 80.3 cm³/mol. The molecule has 0 saturated heterocycles. The molecule has 0 aliphatic rings. The number of ether oxygens (including phenoxy) is 1. The van der Waals surface area contributed by atoms with Gasteiger partial charge >= 0.3 is 5.97 Å². The van der Waals surface area contributed by atoms with Crippen LogP contribution in [0.25, 0.3) is 0 Å². The fourth-order valence-electron chi connectivity index (χ4n) is 1.96. The molecule has 1 aromatic carbocycles. The Balaban J connectivity index is 2.31. The summed E-state index contributed by atoms with van der Waals surface area (Å²) < 4.78 is 5.53. The molecule has 0 atom stereocenters. The quantitative estimate of drug-likeness (QED) is 0.711. The Labute approximate surface area is 125 Å². The maximum absolute atomic E-state index is 12.1. The van der Waals surface area contributed by atoms with E-state index in [4.69, 9.17) is 9.84 Å². The number of hydrogen-bond donors (Lipinski definition) is 1. The van der Waals surface area contributed by atoms with Crippen LogP contribution in [-0.2, 0) is 9.59 Å². The molecule has 116 valence electrons. The molecule has 1 aromatic rings. The molecule has 0 bridgehead atoms. The van der Waals surface area contributed by atoms with Crippen molar-refractivity contribution in [3.05, 3.63) is 30.3 Å². The van der Waals surface area contributed by atoms with E-state index in [-0.39, 0.29) is 24.9 Å². The lowest BCUT2D eigenvalue weighted by Gasteiger charge is -2.26. The fraction of sp³-hybridized carbons (Fsp3) is 0.500. The molecule has 0 unspecified atom stereocenters. The van der Waals surface area contributed by atoms with Crippen molar-refractivity contribution in [2.75, 3.05) is 13.2 Å². The van der Waals surface area contributed by atoms with Crippen molar-refractivity contribution >= 4 is 11.9 Å². The van der Waals surface area contributed by atoms with E-state index in [9.17, 15) is 9.59 Å². The number of benzene rings is 1. The SMILES string of the molecule is CC(C)N(CCC(=O)O)C(=O)CCCOc1ccccc1. The highest BCUT2D eigenvalue weighted by Gasteiger charge is 2.17. The van der Waals surface area contributed by atoms with Crippen LogP contribution in [0.15, 0.2) is 30.3 Å². The summed E-state index contributed by atoms with van der Waals surface area (Å²) in [5.41, 5.74) is 0. The van der Waals surface area contributed by atoms with Crippen molar-refractivity contribution in [3.63, 3.8) is 0 Å². The zero-order chi connectivity index (χ0) is 15.7. The molecule has 21 heavy (non-hydrogen) atoms. The van der Waals surface area contributed by atoms with Crippen LogP contribution in [0, 0.1) is 0 Å². The highest BCUT2D eigenvalue weighted by atomic mass is 16.5. The van der Waals surface area contributed by atoms with Gasteiger partial charge in [0, 0.05) is 19.0 Å². The second-order valence-electron chi connectivity index (χ2n) is 5.09. The maximum atomic E-state index is 12.1. The van der Waals surface area contributed by atoms with E-state index >= 15 is 0 Å². The molecule has 1 N–H and O–H groups in total. The van der Waals surface area contributed by atoms with Crippen molar-refractivity contribution in [1.29, 1.82) is 0 Å². The number of carbonyl (C=O) groups is 2. The van der Waals surface area contributed by atoms with Gasteiger partial charge in [0.15, 0.2) is 0 Å². The van der Waals surface area contributed by atoms with Gasteiger partial charge in [-0.1, -0.05) is 18.2 Å². The van der Waals surface area contributed by atoms with Gasteiger partial charge in [-0.25, -0.2) is 0 Å². The van der Waals surface area contributed by atoms with Gasteiger partial charge in [-0.2, -0.15) is 0 Å². The first-order valence-corrected chi connectivity index (χ1v) is 7.20. The minimum Gasteiger partial charge on any atom is -0.494 e. The predicted octanol–water partition coefficient (Wildman–Crippen LogP) is 2.56. The lowest BCUT2D eigenvalue weighted by Crippen LogP contribution is -2.38. The second-order valence-corrected chi connectivity index (χ2v) is 5.09. The van der Waals surface area contributed by atoms with Crippen LogP contribution in [0.3, 0.4) is 0 Å². The summed E-state index contributed by atoms with van der Waals surface area (Å²) in [5.74, 6) is -0.125. The number of carboxylic acid groups (broad SMARTS) is 1. The Bertz CT molecular complexity index is 445. The number of nitrogens with zero attached hydrogens (tertiary/aromatic N) is 1. The summed E-state index contributed by atoms with van der Waals surface area (Å²) in [5, 5.41) is 8.71. The van der Waals surface area contributed by atoms with Crippen LogP contribution in [0.2, 0.25) is 0 Å². The Morgan fingerprint density at radius 3 is 2.43 bits per heavy atom.